The van der Waals surface area contributed by atoms with Gasteiger partial charge in [-0.2, -0.15) is 0 Å². The summed E-state index contributed by atoms with van der Waals surface area (Å²) in [5.41, 5.74) is 1.09. The Labute approximate surface area is 133 Å². The number of ether oxygens (including phenoxy) is 1. The van der Waals surface area contributed by atoms with Crippen LogP contribution in [0.15, 0.2) is 24.9 Å². The second kappa shape index (κ2) is 9.77. The number of pyridine rings is 1. The summed E-state index contributed by atoms with van der Waals surface area (Å²) < 4.78 is 5.12. The summed E-state index contributed by atoms with van der Waals surface area (Å²) in [6.07, 6.45) is 3.71. The first kappa shape index (κ1) is 18.0. The monoisotopic (exact) mass is 311 g/mol. The number of halogens is 1. The number of nitrogens with zero attached hydrogens (tertiary/aromatic N) is 2. The lowest BCUT2D eigenvalue weighted by Crippen LogP contribution is -2.28. The van der Waals surface area contributed by atoms with E-state index in [4.69, 9.17) is 16.3 Å². The van der Waals surface area contributed by atoms with E-state index < -0.39 is 0 Å². The average Bonchev–Trinajstić information content (AvgIpc) is 2.43. The van der Waals surface area contributed by atoms with Gasteiger partial charge in [-0.25, -0.2) is 4.98 Å². The van der Waals surface area contributed by atoms with Crippen LogP contribution in [0, 0.1) is 5.92 Å². The Bertz CT molecular complexity index is 438. The number of aromatic nitrogens is 1. The fraction of sp³-hybridized carbons (Fsp3) is 0.562. The van der Waals surface area contributed by atoms with E-state index in [1.165, 1.54) is 0 Å². The Balaban J connectivity index is 2.72. The Morgan fingerprint density at radius 2 is 2.29 bits per heavy atom. The first-order valence-electron chi connectivity index (χ1n) is 7.28. The molecule has 0 radical (unpaired) electrons. The highest BCUT2D eigenvalue weighted by Gasteiger charge is 2.11. The highest BCUT2D eigenvalue weighted by Crippen LogP contribution is 2.24. The standard InChI is InChI=1S/C16H26ClN3O/c1-5-6-20(7-8-21-4)16-15(17)9-14(12-19-16)11-18-10-13(2)3/h5,9,12-13,18H,1,6-8,10-11H2,2-4H3. The normalized spacial score (nSPS) is 10.9. The SMILES string of the molecule is C=CCN(CCOC)c1ncc(CNCC(C)C)cc1Cl. The fourth-order valence-corrected chi connectivity index (χ4v) is 2.25. The Hall–Kier alpha value is -1.10. The Kier molecular flexibility index (Phi) is 8.35. The summed E-state index contributed by atoms with van der Waals surface area (Å²) in [4.78, 5) is 6.56. The zero-order valence-corrected chi connectivity index (χ0v) is 14.0. The fourth-order valence-electron chi connectivity index (χ4n) is 1.95. The highest BCUT2D eigenvalue weighted by atomic mass is 35.5. The maximum atomic E-state index is 6.37. The summed E-state index contributed by atoms with van der Waals surface area (Å²) in [5, 5.41) is 4.05. The molecule has 1 rings (SSSR count). The topological polar surface area (TPSA) is 37.4 Å². The molecular formula is C16H26ClN3O. The summed E-state index contributed by atoms with van der Waals surface area (Å²) >= 11 is 6.37. The van der Waals surface area contributed by atoms with Crippen LogP contribution in [0.25, 0.3) is 0 Å². The molecule has 1 N–H and O–H groups in total. The van der Waals surface area contributed by atoms with Crippen molar-refractivity contribution in [3.05, 3.63) is 35.5 Å². The summed E-state index contributed by atoms with van der Waals surface area (Å²) in [6, 6.07) is 1.97. The van der Waals surface area contributed by atoms with Crippen molar-refractivity contribution in [1.82, 2.24) is 10.3 Å². The van der Waals surface area contributed by atoms with Gasteiger partial charge in [0.25, 0.3) is 0 Å². The van der Waals surface area contributed by atoms with Crippen LogP contribution in [-0.2, 0) is 11.3 Å². The molecule has 0 aliphatic rings. The van der Waals surface area contributed by atoms with Gasteiger partial charge in [-0.15, -0.1) is 6.58 Å². The molecule has 21 heavy (non-hydrogen) atoms. The van der Waals surface area contributed by atoms with Gasteiger partial charge in [-0.1, -0.05) is 31.5 Å². The molecule has 0 saturated carbocycles. The van der Waals surface area contributed by atoms with Crippen molar-refractivity contribution in [3.63, 3.8) is 0 Å². The lowest BCUT2D eigenvalue weighted by atomic mass is 10.2. The first-order chi connectivity index (χ1) is 10.1. The van der Waals surface area contributed by atoms with Crippen molar-refractivity contribution >= 4 is 17.4 Å². The maximum Gasteiger partial charge on any atom is 0.147 e. The number of methoxy groups -OCH3 is 1. The van der Waals surface area contributed by atoms with Crippen molar-refractivity contribution in [1.29, 1.82) is 0 Å². The van der Waals surface area contributed by atoms with Crippen LogP contribution in [-0.4, -0.2) is 38.3 Å². The van der Waals surface area contributed by atoms with Crippen molar-refractivity contribution < 1.29 is 4.74 Å². The number of anilines is 1. The van der Waals surface area contributed by atoms with Crippen LogP contribution in [0.2, 0.25) is 5.02 Å². The van der Waals surface area contributed by atoms with Crippen LogP contribution in [0.3, 0.4) is 0 Å². The zero-order valence-electron chi connectivity index (χ0n) is 13.2. The number of hydrogen-bond acceptors (Lipinski definition) is 4. The quantitative estimate of drug-likeness (QED) is 0.674. The van der Waals surface area contributed by atoms with Gasteiger partial charge in [-0.3, -0.25) is 0 Å². The van der Waals surface area contributed by atoms with Crippen molar-refractivity contribution in [2.45, 2.75) is 20.4 Å². The average molecular weight is 312 g/mol. The Morgan fingerprint density at radius 1 is 1.52 bits per heavy atom. The minimum atomic E-state index is 0.629. The molecule has 0 unspecified atom stereocenters. The lowest BCUT2D eigenvalue weighted by Gasteiger charge is -2.23. The summed E-state index contributed by atoms with van der Waals surface area (Å²) in [5.74, 6) is 1.41. The minimum Gasteiger partial charge on any atom is -0.383 e. The predicted octanol–water partition coefficient (Wildman–Crippen LogP) is 3.12. The van der Waals surface area contributed by atoms with Crippen molar-refractivity contribution in [2.75, 3.05) is 38.3 Å². The second-order valence-electron chi connectivity index (χ2n) is 5.40. The van der Waals surface area contributed by atoms with E-state index in [2.05, 4.69) is 35.6 Å². The van der Waals surface area contributed by atoms with Crippen LogP contribution < -0.4 is 10.2 Å². The van der Waals surface area contributed by atoms with E-state index in [1.807, 2.05) is 18.3 Å². The largest absolute Gasteiger partial charge is 0.383 e. The number of nitrogens with one attached hydrogen (secondary N) is 1. The molecule has 4 nitrogen and oxygen atoms in total. The molecule has 0 aliphatic heterocycles. The van der Waals surface area contributed by atoms with Gasteiger partial charge in [-0.05, 0) is 24.1 Å². The maximum absolute atomic E-state index is 6.37. The van der Waals surface area contributed by atoms with E-state index in [-0.39, 0.29) is 0 Å². The van der Waals surface area contributed by atoms with Crippen LogP contribution in [0.4, 0.5) is 5.82 Å². The van der Waals surface area contributed by atoms with Gasteiger partial charge >= 0.3 is 0 Å². The van der Waals surface area contributed by atoms with Crippen LogP contribution in [0.1, 0.15) is 19.4 Å². The molecule has 0 atom stereocenters. The molecule has 0 saturated heterocycles. The highest BCUT2D eigenvalue weighted by molar-refractivity contribution is 6.33. The van der Waals surface area contributed by atoms with Crippen LogP contribution >= 0.6 is 11.6 Å². The second-order valence-corrected chi connectivity index (χ2v) is 5.81. The van der Waals surface area contributed by atoms with E-state index in [0.29, 0.717) is 24.1 Å². The zero-order chi connectivity index (χ0) is 15.7. The third kappa shape index (κ3) is 6.46. The lowest BCUT2D eigenvalue weighted by molar-refractivity contribution is 0.205. The molecule has 118 valence electrons. The van der Waals surface area contributed by atoms with Crippen molar-refractivity contribution in [2.24, 2.45) is 5.92 Å². The molecule has 0 spiro atoms. The van der Waals surface area contributed by atoms with Gasteiger partial charge < -0.3 is 15.0 Å². The number of rotatable bonds is 10. The van der Waals surface area contributed by atoms with Gasteiger partial charge in [0.1, 0.15) is 5.82 Å². The molecular weight excluding hydrogens is 286 g/mol. The summed E-state index contributed by atoms with van der Waals surface area (Å²) in [7, 11) is 1.69. The summed E-state index contributed by atoms with van der Waals surface area (Å²) in [6.45, 7) is 12.0. The third-order valence-electron chi connectivity index (χ3n) is 2.97. The first-order valence-corrected chi connectivity index (χ1v) is 7.66. The van der Waals surface area contributed by atoms with E-state index in [9.17, 15) is 0 Å². The molecule has 1 aromatic rings. The van der Waals surface area contributed by atoms with Crippen molar-refractivity contribution in [3.8, 4) is 0 Å². The molecule has 0 fully saturated rings. The van der Waals surface area contributed by atoms with E-state index in [1.54, 1.807) is 7.11 Å². The van der Waals surface area contributed by atoms with E-state index >= 15 is 0 Å². The molecule has 5 heteroatoms. The minimum absolute atomic E-state index is 0.629. The van der Waals surface area contributed by atoms with Crippen LogP contribution in [0.5, 0.6) is 0 Å². The molecule has 1 heterocycles. The van der Waals surface area contributed by atoms with Gasteiger partial charge in [0.05, 0.1) is 11.6 Å². The molecule has 0 bridgehead atoms. The smallest absolute Gasteiger partial charge is 0.147 e. The predicted molar refractivity (Wildman–Crippen MR) is 90.1 cm³/mol. The van der Waals surface area contributed by atoms with Gasteiger partial charge in [0, 0.05) is 32.9 Å². The molecule has 0 aromatic carbocycles. The van der Waals surface area contributed by atoms with E-state index in [0.717, 1.165) is 31.0 Å². The Morgan fingerprint density at radius 3 is 2.86 bits per heavy atom. The molecule has 1 aromatic heterocycles. The molecule has 0 amide bonds. The third-order valence-corrected chi connectivity index (χ3v) is 3.25. The van der Waals surface area contributed by atoms with Gasteiger partial charge in [0.2, 0.25) is 0 Å². The molecule has 0 aliphatic carbocycles. The number of hydrogen-bond donors (Lipinski definition) is 1. The van der Waals surface area contributed by atoms with Gasteiger partial charge in [0.15, 0.2) is 0 Å².